The highest BCUT2D eigenvalue weighted by molar-refractivity contribution is 5.50. The Hall–Kier alpha value is -1.76. The molecule has 0 saturated heterocycles. The van der Waals surface area contributed by atoms with E-state index in [0.29, 0.717) is 0 Å². The van der Waals surface area contributed by atoms with Crippen LogP contribution in [0, 0.1) is 0 Å². The summed E-state index contributed by atoms with van der Waals surface area (Å²) >= 11 is 0. The standard InChI is InChI=1S/C12H11O/c13-11-7-2-1-4-8-12-9-5-3-6-10-12/h1-11H. The van der Waals surface area contributed by atoms with Gasteiger partial charge in [-0.3, -0.25) is 5.11 Å². The van der Waals surface area contributed by atoms with Crippen LogP contribution in [0.2, 0.25) is 0 Å². The van der Waals surface area contributed by atoms with E-state index in [2.05, 4.69) is 0 Å². The van der Waals surface area contributed by atoms with Gasteiger partial charge in [-0.1, -0.05) is 54.6 Å². The first-order valence-corrected chi connectivity index (χ1v) is 4.10. The number of benzene rings is 1. The minimum atomic E-state index is 0.757. The van der Waals surface area contributed by atoms with Gasteiger partial charge in [-0.15, -0.1) is 0 Å². The fourth-order valence-electron chi connectivity index (χ4n) is 0.904. The molecule has 0 N–H and O–H groups in total. The molecule has 0 aromatic heterocycles. The van der Waals surface area contributed by atoms with Crippen LogP contribution < -0.4 is 0 Å². The van der Waals surface area contributed by atoms with Crippen LogP contribution in [0.5, 0.6) is 0 Å². The van der Waals surface area contributed by atoms with Crippen molar-refractivity contribution in [3.8, 4) is 0 Å². The third kappa shape index (κ3) is 3.97. The summed E-state index contributed by atoms with van der Waals surface area (Å²) in [4.78, 5) is 0. The summed E-state index contributed by atoms with van der Waals surface area (Å²) in [5.74, 6) is 0. The zero-order valence-corrected chi connectivity index (χ0v) is 7.26. The molecule has 0 heterocycles. The molecule has 1 aromatic carbocycles. The molecule has 0 aliphatic rings. The van der Waals surface area contributed by atoms with Gasteiger partial charge in [0.1, 0.15) is 6.26 Å². The van der Waals surface area contributed by atoms with Gasteiger partial charge >= 0.3 is 0 Å². The average molecular weight is 171 g/mol. The summed E-state index contributed by atoms with van der Waals surface area (Å²) in [6.45, 7) is 0. The lowest BCUT2D eigenvalue weighted by molar-refractivity contribution is 0.352. The smallest absolute Gasteiger partial charge is 0.142 e. The summed E-state index contributed by atoms with van der Waals surface area (Å²) in [6, 6.07) is 10.00. The number of hydrogen-bond acceptors (Lipinski definition) is 0. The fraction of sp³-hybridized carbons (Fsp3) is 0. The van der Waals surface area contributed by atoms with Crippen molar-refractivity contribution in [2.24, 2.45) is 0 Å². The van der Waals surface area contributed by atoms with Gasteiger partial charge in [-0.05, 0) is 11.6 Å². The first-order chi connectivity index (χ1) is 6.43. The van der Waals surface area contributed by atoms with E-state index >= 15 is 0 Å². The Bertz CT molecular complexity index is 307. The molecule has 0 spiro atoms. The lowest BCUT2D eigenvalue weighted by Crippen LogP contribution is -1.66. The average Bonchev–Trinajstić information content (AvgIpc) is 2.19. The molecule has 1 rings (SSSR count). The largest absolute Gasteiger partial charge is 0.299 e. The Morgan fingerprint density at radius 3 is 2.23 bits per heavy atom. The Morgan fingerprint density at radius 1 is 0.846 bits per heavy atom. The first-order valence-electron chi connectivity index (χ1n) is 4.10. The number of allylic oxidation sites excluding steroid dienone is 4. The highest BCUT2D eigenvalue weighted by Crippen LogP contribution is 2.00. The normalized spacial score (nSPS) is 12.0. The van der Waals surface area contributed by atoms with Gasteiger partial charge in [0.25, 0.3) is 0 Å². The van der Waals surface area contributed by atoms with Gasteiger partial charge < -0.3 is 0 Å². The number of hydrogen-bond donors (Lipinski definition) is 0. The molecule has 0 saturated carbocycles. The van der Waals surface area contributed by atoms with E-state index in [1.807, 2.05) is 48.6 Å². The lowest BCUT2D eigenvalue weighted by atomic mass is 10.2. The second kappa shape index (κ2) is 5.84. The van der Waals surface area contributed by atoms with Crippen molar-refractivity contribution in [3.63, 3.8) is 0 Å². The van der Waals surface area contributed by atoms with Crippen LogP contribution in [-0.2, 0) is 5.11 Å². The molecule has 65 valence electrons. The summed E-state index contributed by atoms with van der Waals surface area (Å²) in [7, 11) is 0. The summed E-state index contributed by atoms with van der Waals surface area (Å²) in [5, 5.41) is 9.91. The molecular formula is C12H11O. The van der Waals surface area contributed by atoms with Crippen molar-refractivity contribution in [2.75, 3.05) is 0 Å². The summed E-state index contributed by atoms with van der Waals surface area (Å²) in [6.07, 6.45) is 9.61. The highest BCUT2D eigenvalue weighted by Gasteiger charge is 1.78. The topological polar surface area (TPSA) is 19.9 Å². The van der Waals surface area contributed by atoms with Crippen molar-refractivity contribution in [2.45, 2.75) is 0 Å². The molecule has 0 bridgehead atoms. The van der Waals surface area contributed by atoms with Crippen molar-refractivity contribution in [1.29, 1.82) is 0 Å². The second-order valence-electron chi connectivity index (χ2n) is 2.48. The minimum Gasteiger partial charge on any atom is -0.299 e. The van der Waals surface area contributed by atoms with Gasteiger partial charge in [0, 0.05) is 0 Å². The van der Waals surface area contributed by atoms with E-state index in [9.17, 15) is 5.11 Å². The van der Waals surface area contributed by atoms with Crippen LogP contribution >= 0.6 is 0 Å². The van der Waals surface area contributed by atoms with Crippen LogP contribution in [0.15, 0.2) is 60.9 Å². The third-order valence-corrected chi connectivity index (χ3v) is 1.50. The second-order valence-corrected chi connectivity index (χ2v) is 2.48. The molecule has 0 aliphatic heterocycles. The van der Waals surface area contributed by atoms with E-state index in [1.165, 1.54) is 6.08 Å². The van der Waals surface area contributed by atoms with E-state index < -0.39 is 0 Å². The van der Waals surface area contributed by atoms with Crippen LogP contribution in [0.25, 0.3) is 6.08 Å². The molecule has 0 amide bonds. The lowest BCUT2D eigenvalue weighted by Gasteiger charge is -1.87. The molecule has 0 atom stereocenters. The van der Waals surface area contributed by atoms with E-state index in [4.69, 9.17) is 0 Å². The number of rotatable bonds is 3. The Labute approximate surface area is 78.3 Å². The first kappa shape index (κ1) is 9.33. The molecule has 0 fully saturated rings. The fourth-order valence-corrected chi connectivity index (χ4v) is 0.904. The van der Waals surface area contributed by atoms with Crippen LogP contribution in [0.1, 0.15) is 5.56 Å². The van der Waals surface area contributed by atoms with Crippen molar-refractivity contribution < 1.29 is 5.11 Å². The van der Waals surface area contributed by atoms with Crippen LogP contribution in [0.4, 0.5) is 0 Å². The van der Waals surface area contributed by atoms with Gasteiger partial charge in [0.05, 0.1) is 0 Å². The van der Waals surface area contributed by atoms with Crippen molar-refractivity contribution >= 4 is 6.08 Å². The SMILES string of the molecule is [O]C=CC=CC=Cc1ccccc1. The van der Waals surface area contributed by atoms with Crippen LogP contribution in [0.3, 0.4) is 0 Å². The maximum absolute atomic E-state index is 9.91. The third-order valence-electron chi connectivity index (χ3n) is 1.50. The van der Waals surface area contributed by atoms with Gasteiger partial charge in [-0.2, -0.15) is 0 Å². The maximum Gasteiger partial charge on any atom is 0.142 e. The predicted molar refractivity (Wildman–Crippen MR) is 54.4 cm³/mol. The monoisotopic (exact) mass is 171 g/mol. The Morgan fingerprint density at radius 2 is 1.54 bits per heavy atom. The Kier molecular flexibility index (Phi) is 4.19. The predicted octanol–water partition coefficient (Wildman–Crippen LogP) is 3.20. The summed E-state index contributed by atoms with van der Waals surface area (Å²) < 4.78 is 0. The molecule has 1 aromatic rings. The quantitative estimate of drug-likeness (QED) is 0.491. The zero-order chi connectivity index (χ0) is 9.36. The van der Waals surface area contributed by atoms with Crippen molar-refractivity contribution in [3.05, 3.63) is 66.5 Å². The highest BCUT2D eigenvalue weighted by atomic mass is 16.2. The van der Waals surface area contributed by atoms with E-state index in [1.54, 1.807) is 6.08 Å². The maximum atomic E-state index is 9.91. The Balaban J connectivity index is 2.50. The van der Waals surface area contributed by atoms with Gasteiger partial charge in [0.15, 0.2) is 0 Å². The summed E-state index contributed by atoms with van der Waals surface area (Å²) in [5.41, 5.74) is 1.15. The van der Waals surface area contributed by atoms with Gasteiger partial charge in [-0.25, -0.2) is 0 Å². The molecule has 1 radical (unpaired) electrons. The van der Waals surface area contributed by atoms with Crippen molar-refractivity contribution in [1.82, 2.24) is 0 Å². The molecular weight excluding hydrogens is 160 g/mol. The van der Waals surface area contributed by atoms with E-state index in [0.717, 1.165) is 11.8 Å². The minimum absolute atomic E-state index is 0.757. The molecule has 1 nitrogen and oxygen atoms in total. The molecule has 13 heavy (non-hydrogen) atoms. The van der Waals surface area contributed by atoms with Crippen LogP contribution in [-0.4, -0.2) is 0 Å². The van der Waals surface area contributed by atoms with E-state index in [-0.39, 0.29) is 0 Å². The zero-order valence-electron chi connectivity index (χ0n) is 7.26. The molecule has 0 unspecified atom stereocenters. The molecule has 0 aliphatic carbocycles. The van der Waals surface area contributed by atoms with Gasteiger partial charge in [0.2, 0.25) is 0 Å². The molecule has 1 heteroatoms.